The monoisotopic (exact) mass is 333 g/mol. The second kappa shape index (κ2) is 7.62. The van der Waals surface area contributed by atoms with Crippen LogP contribution in [0, 0.1) is 5.92 Å². The van der Waals surface area contributed by atoms with Gasteiger partial charge in [0.05, 0.1) is 24.6 Å². The molecular formula is C12H20BrN3O3. The van der Waals surface area contributed by atoms with Crippen molar-refractivity contribution in [2.45, 2.75) is 20.0 Å². The lowest BCUT2D eigenvalue weighted by molar-refractivity contribution is 0.0318. The molecule has 0 saturated heterocycles. The Morgan fingerprint density at radius 2 is 2.21 bits per heavy atom. The SMILES string of the molecule is CC(C)COCC(O)CNc1cnn(C)c(=O)c1Br. The molecule has 108 valence electrons. The van der Waals surface area contributed by atoms with Crippen molar-refractivity contribution >= 4 is 21.6 Å². The summed E-state index contributed by atoms with van der Waals surface area (Å²) in [6, 6.07) is 0. The van der Waals surface area contributed by atoms with Crippen LogP contribution in [0.5, 0.6) is 0 Å². The van der Waals surface area contributed by atoms with Gasteiger partial charge in [-0.2, -0.15) is 5.10 Å². The van der Waals surface area contributed by atoms with Gasteiger partial charge in [0.2, 0.25) is 0 Å². The van der Waals surface area contributed by atoms with Crippen molar-refractivity contribution in [1.29, 1.82) is 0 Å². The first-order valence-electron chi connectivity index (χ1n) is 6.13. The summed E-state index contributed by atoms with van der Waals surface area (Å²) in [7, 11) is 1.57. The Morgan fingerprint density at radius 3 is 2.84 bits per heavy atom. The van der Waals surface area contributed by atoms with Crippen LogP contribution in [0.2, 0.25) is 0 Å². The molecule has 0 fully saturated rings. The number of halogens is 1. The van der Waals surface area contributed by atoms with Crippen LogP contribution < -0.4 is 10.9 Å². The molecule has 0 saturated carbocycles. The number of rotatable bonds is 7. The molecule has 0 aliphatic heterocycles. The topological polar surface area (TPSA) is 76.4 Å². The van der Waals surface area contributed by atoms with Gasteiger partial charge in [0.15, 0.2) is 0 Å². The second-order valence-electron chi connectivity index (χ2n) is 4.77. The van der Waals surface area contributed by atoms with Gasteiger partial charge in [0, 0.05) is 20.2 Å². The third-order valence-electron chi connectivity index (χ3n) is 2.37. The van der Waals surface area contributed by atoms with Gasteiger partial charge in [-0.15, -0.1) is 0 Å². The Balaban J connectivity index is 2.44. The largest absolute Gasteiger partial charge is 0.389 e. The van der Waals surface area contributed by atoms with E-state index >= 15 is 0 Å². The molecule has 7 heteroatoms. The van der Waals surface area contributed by atoms with Crippen molar-refractivity contribution < 1.29 is 9.84 Å². The number of nitrogens with zero attached hydrogens (tertiary/aromatic N) is 2. The van der Waals surface area contributed by atoms with Gasteiger partial charge >= 0.3 is 0 Å². The number of aliphatic hydroxyl groups is 1. The van der Waals surface area contributed by atoms with E-state index in [-0.39, 0.29) is 12.2 Å². The third kappa shape index (κ3) is 5.30. The van der Waals surface area contributed by atoms with Gasteiger partial charge in [-0.05, 0) is 21.8 Å². The summed E-state index contributed by atoms with van der Waals surface area (Å²) in [6.07, 6.45) is 0.905. The fourth-order valence-corrected chi connectivity index (χ4v) is 1.86. The van der Waals surface area contributed by atoms with Crippen LogP contribution in [0.15, 0.2) is 15.5 Å². The summed E-state index contributed by atoms with van der Waals surface area (Å²) >= 11 is 3.20. The van der Waals surface area contributed by atoms with Gasteiger partial charge in [0.1, 0.15) is 4.47 Å². The average Bonchev–Trinajstić information content (AvgIpc) is 2.35. The quantitative estimate of drug-likeness (QED) is 0.778. The molecule has 6 nitrogen and oxygen atoms in total. The number of aromatic nitrogens is 2. The standard InChI is InChI=1S/C12H20BrN3O3/c1-8(2)6-19-7-9(17)4-14-10-5-15-16(3)12(18)11(10)13/h5,8-9,14,17H,4,6-7H2,1-3H3. The lowest BCUT2D eigenvalue weighted by Gasteiger charge is -2.14. The third-order valence-corrected chi connectivity index (χ3v) is 3.13. The molecule has 1 atom stereocenters. The molecule has 1 heterocycles. The van der Waals surface area contributed by atoms with E-state index in [0.29, 0.717) is 29.2 Å². The van der Waals surface area contributed by atoms with Gasteiger partial charge in [0.25, 0.3) is 5.56 Å². The van der Waals surface area contributed by atoms with Crippen molar-refractivity contribution in [1.82, 2.24) is 9.78 Å². The normalized spacial score (nSPS) is 12.7. The molecule has 2 N–H and O–H groups in total. The minimum absolute atomic E-state index is 0.226. The van der Waals surface area contributed by atoms with Crippen molar-refractivity contribution in [2.24, 2.45) is 13.0 Å². The van der Waals surface area contributed by atoms with E-state index in [0.717, 1.165) is 0 Å². The van der Waals surface area contributed by atoms with Crippen molar-refractivity contribution in [2.75, 3.05) is 25.1 Å². The lowest BCUT2D eigenvalue weighted by Crippen LogP contribution is -2.27. The van der Waals surface area contributed by atoms with Crippen LogP contribution in [0.1, 0.15) is 13.8 Å². The van der Waals surface area contributed by atoms with Crippen LogP contribution in [-0.2, 0) is 11.8 Å². The van der Waals surface area contributed by atoms with Crippen LogP contribution in [0.25, 0.3) is 0 Å². The first-order chi connectivity index (χ1) is 8.91. The molecule has 0 bridgehead atoms. The van der Waals surface area contributed by atoms with Gasteiger partial charge in [-0.1, -0.05) is 13.8 Å². The zero-order valence-corrected chi connectivity index (χ0v) is 13.0. The number of aryl methyl sites for hydroxylation is 1. The highest BCUT2D eigenvalue weighted by Crippen LogP contribution is 2.15. The van der Waals surface area contributed by atoms with E-state index in [1.807, 2.05) is 13.8 Å². The molecule has 1 aromatic rings. The number of nitrogens with one attached hydrogen (secondary N) is 1. The van der Waals surface area contributed by atoms with Gasteiger partial charge in [-0.3, -0.25) is 4.79 Å². The summed E-state index contributed by atoms with van der Waals surface area (Å²) in [4.78, 5) is 11.6. The zero-order valence-electron chi connectivity index (χ0n) is 11.4. The average molecular weight is 334 g/mol. The van der Waals surface area contributed by atoms with E-state index in [4.69, 9.17) is 4.74 Å². The minimum Gasteiger partial charge on any atom is -0.389 e. The number of hydrogen-bond acceptors (Lipinski definition) is 5. The Kier molecular flexibility index (Phi) is 6.47. The maximum atomic E-state index is 11.6. The van der Waals surface area contributed by atoms with Crippen LogP contribution >= 0.6 is 15.9 Å². The summed E-state index contributed by atoms with van der Waals surface area (Å²) in [5.41, 5.74) is 0.335. The molecular weight excluding hydrogens is 314 g/mol. The highest BCUT2D eigenvalue weighted by Gasteiger charge is 2.09. The van der Waals surface area contributed by atoms with E-state index in [9.17, 15) is 9.90 Å². The summed E-state index contributed by atoms with van der Waals surface area (Å²) < 4.78 is 6.97. The highest BCUT2D eigenvalue weighted by molar-refractivity contribution is 9.10. The maximum absolute atomic E-state index is 11.6. The Hall–Kier alpha value is -0.920. The van der Waals surface area contributed by atoms with E-state index in [1.54, 1.807) is 7.05 Å². The second-order valence-corrected chi connectivity index (χ2v) is 5.56. The van der Waals surface area contributed by atoms with Gasteiger partial charge in [-0.25, -0.2) is 4.68 Å². The number of ether oxygens (including phenoxy) is 1. The summed E-state index contributed by atoms with van der Waals surface area (Å²) in [6.45, 7) is 5.28. The molecule has 0 aromatic carbocycles. The molecule has 1 rings (SSSR count). The van der Waals surface area contributed by atoms with Crippen molar-refractivity contribution in [3.63, 3.8) is 0 Å². The predicted octanol–water partition coefficient (Wildman–Crippen LogP) is 0.988. The van der Waals surface area contributed by atoms with E-state index < -0.39 is 6.10 Å². The fourth-order valence-electron chi connectivity index (χ4n) is 1.36. The minimum atomic E-state index is -0.630. The first kappa shape index (κ1) is 16.1. The molecule has 0 amide bonds. The number of hydrogen-bond donors (Lipinski definition) is 2. The van der Waals surface area contributed by atoms with E-state index in [1.165, 1.54) is 10.9 Å². The number of aliphatic hydroxyl groups excluding tert-OH is 1. The van der Waals surface area contributed by atoms with E-state index in [2.05, 4.69) is 26.3 Å². The van der Waals surface area contributed by atoms with Crippen molar-refractivity contribution in [3.8, 4) is 0 Å². The first-order valence-corrected chi connectivity index (χ1v) is 6.92. The molecule has 0 aliphatic rings. The Morgan fingerprint density at radius 1 is 1.53 bits per heavy atom. The molecule has 1 aromatic heterocycles. The summed E-state index contributed by atoms with van der Waals surface area (Å²) in [5.74, 6) is 0.440. The fraction of sp³-hybridized carbons (Fsp3) is 0.667. The molecule has 0 spiro atoms. The predicted molar refractivity (Wildman–Crippen MR) is 77.3 cm³/mol. The smallest absolute Gasteiger partial charge is 0.282 e. The molecule has 1 unspecified atom stereocenters. The van der Waals surface area contributed by atoms with Gasteiger partial charge < -0.3 is 15.2 Å². The lowest BCUT2D eigenvalue weighted by atomic mass is 10.2. The maximum Gasteiger partial charge on any atom is 0.282 e. The Bertz CT molecular complexity index is 462. The summed E-state index contributed by atoms with van der Waals surface area (Å²) in [5, 5.41) is 16.6. The molecule has 0 radical (unpaired) electrons. The van der Waals surface area contributed by atoms with Crippen LogP contribution in [-0.4, -0.2) is 40.7 Å². The zero-order chi connectivity index (χ0) is 14.4. The van der Waals surface area contributed by atoms with Crippen LogP contribution in [0.3, 0.4) is 0 Å². The van der Waals surface area contributed by atoms with Crippen LogP contribution in [0.4, 0.5) is 5.69 Å². The Labute approximate surface area is 120 Å². The molecule has 0 aliphatic carbocycles. The highest BCUT2D eigenvalue weighted by atomic mass is 79.9. The van der Waals surface area contributed by atoms with Crippen molar-refractivity contribution in [3.05, 3.63) is 21.0 Å². The number of anilines is 1. The molecule has 19 heavy (non-hydrogen) atoms.